The van der Waals surface area contributed by atoms with E-state index in [0.717, 1.165) is 11.3 Å². The molecular formula is C12H17NO2S. The zero-order valence-electron chi connectivity index (χ0n) is 9.78. The molecule has 0 heterocycles. The van der Waals surface area contributed by atoms with Gasteiger partial charge < -0.3 is 10.1 Å². The lowest BCUT2D eigenvalue weighted by Gasteiger charge is -2.12. The number of nitrogens with one attached hydrogen (secondary N) is 1. The van der Waals surface area contributed by atoms with E-state index in [0.29, 0.717) is 12.5 Å². The van der Waals surface area contributed by atoms with Gasteiger partial charge in [0, 0.05) is 12.1 Å². The molecule has 16 heavy (non-hydrogen) atoms. The fourth-order valence-electron chi connectivity index (χ4n) is 1.44. The number of hydrogen-bond donors (Lipinski definition) is 2. The number of methoxy groups -OCH3 is 1. The molecule has 1 rings (SSSR count). The molecule has 4 heteroatoms. The molecule has 0 aliphatic carbocycles. The van der Waals surface area contributed by atoms with Crippen LogP contribution >= 0.6 is 12.6 Å². The van der Waals surface area contributed by atoms with Gasteiger partial charge in [0.2, 0.25) is 0 Å². The van der Waals surface area contributed by atoms with Gasteiger partial charge in [0.25, 0.3) is 5.24 Å². The average molecular weight is 239 g/mol. The number of rotatable bonds is 4. The fraction of sp³-hybridized carbons (Fsp3) is 0.417. The first-order valence-electron chi connectivity index (χ1n) is 5.18. The molecule has 0 aliphatic heterocycles. The second-order valence-corrected chi connectivity index (χ2v) is 4.29. The highest BCUT2D eigenvalue weighted by Crippen LogP contribution is 2.24. The van der Waals surface area contributed by atoms with Crippen LogP contribution in [0.1, 0.15) is 30.9 Å². The van der Waals surface area contributed by atoms with Gasteiger partial charge in [-0.1, -0.05) is 38.6 Å². The number of amides is 1. The first kappa shape index (κ1) is 12.9. The molecular weight excluding hydrogens is 222 g/mol. The summed E-state index contributed by atoms with van der Waals surface area (Å²) in [7, 11) is 1.63. The van der Waals surface area contributed by atoms with Gasteiger partial charge in [-0.25, -0.2) is 0 Å². The van der Waals surface area contributed by atoms with E-state index in [1.165, 1.54) is 5.56 Å². The normalized spacial score (nSPS) is 10.3. The van der Waals surface area contributed by atoms with Crippen molar-refractivity contribution >= 4 is 17.9 Å². The number of benzene rings is 1. The van der Waals surface area contributed by atoms with Gasteiger partial charge in [-0.05, 0) is 17.5 Å². The van der Waals surface area contributed by atoms with Crippen LogP contribution in [0.5, 0.6) is 5.75 Å². The van der Waals surface area contributed by atoms with Crippen LogP contribution in [-0.4, -0.2) is 12.3 Å². The highest BCUT2D eigenvalue weighted by Gasteiger charge is 2.07. The minimum atomic E-state index is -0.338. The molecule has 0 unspecified atom stereocenters. The molecule has 0 atom stereocenters. The summed E-state index contributed by atoms with van der Waals surface area (Å²) in [5.41, 5.74) is 2.17. The highest BCUT2D eigenvalue weighted by atomic mass is 32.1. The first-order valence-corrected chi connectivity index (χ1v) is 5.63. The summed E-state index contributed by atoms with van der Waals surface area (Å²) in [4.78, 5) is 10.7. The number of carbonyl (C=O) groups is 1. The Morgan fingerprint density at radius 1 is 1.50 bits per heavy atom. The molecule has 0 radical (unpaired) electrons. The Morgan fingerprint density at radius 3 is 2.69 bits per heavy atom. The summed E-state index contributed by atoms with van der Waals surface area (Å²) in [5.74, 6) is 1.26. The first-order chi connectivity index (χ1) is 7.54. The van der Waals surface area contributed by atoms with Gasteiger partial charge in [0.05, 0.1) is 7.11 Å². The van der Waals surface area contributed by atoms with Crippen LogP contribution in [0.2, 0.25) is 0 Å². The minimum absolute atomic E-state index is 0.338. The zero-order chi connectivity index (χ0) is 12.1. The van der Waals surface area contributed by atoms with Crippen molar-refractivity contribution in [2.45, 2.75) is 26.3 Å². The van der Waals surface area contributed by atoms with Gasteiger partial charge in [0.15, 0.2) is 0 Å². The minimum Gasteiger partial charge on any atom is -0.496 e. The molecule has 1 N–H and O–H groups in total. The topological polar surface area (TPSA) is 38.3 Å². The van der Waals surface area contributed by atoms with Crippen molar-refractivity contribution in [3.8, 4) is 5.75 Å². The van der Waals surface area contributed by atoms with Gasteiger partial charge in [0.1, 0.15) is 5.75 Å². The molecule has 3 nitrogen and oxygen atoms in total. The van der Waals surface area contributed by atoms with Crippen molar-refractivity contribution in [3.05, 3.63) is 29.3 Å². The molecule has 0 bridgehead atoms. The second-order valence-electron chi connectivity index (χ2n) is 3.88. The monoisotopic (exact) mass is 239 g/mol. The Kier molecular flexibility index (Phi) is 4.68. The Bertz CT molecular complexity index is 377. The maximum absolute atomic E-state index is 10.7. The molecule has 0 saturated heterocycles. The molecule has 1 aromatic carbocycles. The van der Waals surface area contributed by atoms with E-state index in [1.54, 1.807) is 7.11 Å². The summed E-state index contributed by atoms with van der Waals surface area (Å²) in [5, 5.41) is 2.29. The smallest absolute Gasteiger partial charge is 0.276 e. The van der Waals surface area contributed by atoms with Crippen molar-refractivity contribution < 1.29 is 9.53 Å². The number of ether oxygens (including phenoxy) is 1. The maximum Gasteiger partial charge on any atom is 0.276 e. The number of hydrogen-bond acceptors (Lipinski definition) is 2. The van der Waals surface area contributed by atoms with Gasteiger partial charge >= 0.3 is 0 Å². The summed E-state index contributed by atoms with van der Waals surface area (Å²) in [6, 6.07) is 6.02. The summed E-state index contributed by atoms with van der Waals surface area (Å²) in [6.45, 7) is 4.69. The summed E-state index contributed by atoms with van der Waals surface area (Å²) < 4.78 is 5.29. The van der Waals surface area contributed by atoms with Crippen LogP contribution < -0.4 is 10.1 Å². The van der Waals surface area contributed by atoms with Crippen molar-refractivity contribution in [2.75, 3.05) is 7.11 Å². The predicted molar refractivity (Wildman–Crippen MR) is 68.3 cm³/mol. The third-order valence-corrected chi connectivity index (χ3v) is 2.57. The Labute approximate surface area is 102 Å². The third-order valence-electron chi connectivity index (χ3n) is 2.41. The third kappa shape index (κ3) is 3.45. The van der Waals surface area contributed by atoms with Crippen molar-refractivity contribution in [1.29, 1.82) is 0 Å². The van der Waals surface area contributed by atoms with E-state index >= 15 is 0 Å². The maximum atomic E-state index is 10.7. The quantitative estimate of drug-likeness (QED) is 0.793. The van der Waals surface area contributed by atoms with Gasteiger partial charge in [-0.3, -0.25) is 4.79 Å². The van der Waals surface area contributed by atoms with Gasteiger partial charge in [-0.2, -0.15) is 0 Å². The highest BCUT2D eigenvalue weighted by molar-refractivity contribution is 7.96. The van der Waals surface area contributed by atoms with Crippen LogP contribution in [0.3, 0.4) is 0 Å². The number of carbonyl (C=O) groups excluding carboxylic acids is 1. The lowest BCUT2D eigenvalue weighted by atomic mass is 10.0. The second kappa shape index (κ2) is 5.80. The molecule has 0 fully saturated rings. The molecule has 0 spiro atoms. The Balaban J connectivity index is 2.88. The summed E-state index contributed by atoms with van der Waals surface area (Å²) in [6.07, 6.45) is 0. The molecule has 1 aromatic rings. The predicted octanol–water partition coefficient (Wildman–Crippen LogP) is 2.96. The zero-order valence-corrected chi connectivity index (χ0v) is 10.7. The van der Waals surface area contributed by atoms with E-state index in [1.807, 2.05) is 18.2 Å². The van der Waals surface area contributed by atoms with E-state index in [2.05, 4.69) is 31.8 Å². The molecule has 0 aliphatic rings. The lowest BCUT2D eigenvalue weighted by Crippen LogP contribution is -2.16. The Morgan fingerprint density at radius 2 is 2.19 bits per heavy atom. The van der Waals surface area contributed by atoms with Gasteiger partial charge in [-0.15, -0.1) is 0 Å². The van der Waals surface area contributed by atoms with Crippen LogP contribution in [0, 0.1) is 0 Å². The molecule has 1 amide bonds. The Hall–Kier alpha value is -1.16. The lowest BCUT2D eigenvalue weighted by molar-refractivity contribution is 0.260. The van der Waals surface area contributed by atoms with Crippen LogP contribution in [0.4, 0.5) is 4.79 Å². The van der Waals surface area contributed by atoms with E-state index < -0.39 is 0 Å². The van der Waals surface area contributed by atoms with E-state index in [4.69, 9.17) is 4.74 Å². The van der Waals surface area contributed by atoms with E-state index in [-0.39, 0.29) is 5.24 Å². The van der Waals surface area contributed by atoms with Crippen molar-refractivity contribution in [3.63, 3.8) is 0 Å². The average Bonchev–Trinajstić information content (AvgIpc) is 2.25. The largest absolute Gasteiger partial charge is 0.496 e. The van der Waals surface area contributed by atoms with Crippen LogP contribution in [0.25, 0.3) is 0 Å². The van der Waals surface area contributed by atoms with Crippen LogP contribution in [0.15, 0.2) is 18.2 Å². The van der Waals surface area contributed by atoms with E-state index in [9.17, 15) is 4.79 Å². The molecule has 0 aromatic heterocycles. The van der Waals surface area contributed by atoms with Crippen molar-refractivity contribution in [2.24, 2.45) is 0 Å². The standard InChI is InChI=1S/C12H17NO2S/c1-8(2)9-4-5-10(7-13-12(14)16)11(6-9)15-3/h4-6,8H,7H2,1-3H3,(H2,13,14,16). The fourth-order valence-corrected chi connectivity index (χ4v) is 1.52. The SMILES string of the molecule is COc1cc(C(C)C)ccc1CNC(=O)S. The molecule has 88 valence electrons. The number of thiol groups is 1. The van der Waals surface area contributed by atoms with Crippen LogP contribution in [-0.2, 0) is 6.54 Å². The van der Waals surface area contributed by atoms with Crippen molar-refractivity contribution in [1.82, 2.24) is 5.32 Å². The molecule has 0 saturated carbocycles. The summed E-state index contributed by atoms with van der Waals surface area (Å²) >= 11 is 3.65.